The Kier molecular flexibility index (Phi) is 6.74. The number of ether oxygens (including phenoxy) is 1. The van der Waals surface area contributed by atoms with Crippen LogP contribution < -0.4 is 14.8 Å². The largest absolute Gasteiger partial charge is 0.497 e. The number of hydrogen-bond acceptors (Lipinski definition) is 4. The van der Waals surface area contributed by atoms with Crippen LogP contribution in [0.3, 0.4) is 0 Å². The standard InChI is InChI=1S/C23H24N2O4S/c1-3-22(17-8-5-4-6-9-17)24-23(26)18-10-7-11-19(16-18)25-30(27,28)21-14-12-20(29-2)13-15-21/h4-16,22,25H,3H2,1-2H3,(H,24,26). The quantitative estimate of drug-likeness (QED) is 0.562. The third kappa shape index (κ3) is 5.18. The second kappa shape index (κ2) is 9.45. The number of anilines is 1. The van der Waals surface area contributed by atoms with Gasteiger partial charge in [-0.3, -0.25) is 9.52 Å². The van der Waals surface area contributed by atoms with E-state index in [2.05, 4.69) is 10.0 Å². The van der Waals surface area contributed by atoms with Gasteiger partial charge in [0.05, 0.1) is 18.0 Å². The number of hydrogen-bond donors (Lipinski definition) is 2. The fourth-order valence-electron chi connectivity index (χ4n) is 3.04. The molecule has 6 nitrogen and oxygen atoms in total. The van der Waals surface area contributed by atoms with Crippen LogP contribution in [-0.2, 0) is 10.0 Å². The average molecular weight is 425 g/mol. The molecule has 1 atom stereocenters. The van der Waals surface area contributed by atoms with Crippen molar-refractivity contribution in [3.05, 3.63) is 90.0 Å². The summed E-state index contributed by atoms with van der Waals surface area (Å²) in [4.78, 5) is 12.8. The van der Waals surface area contributed by atoms with E-state index < -0.39 is 10.0 Å². The highest BCUT2D eigenvalue weighted by molar-refractivity contribution is 7.92. The van der Waals surface area contributed by atoms with Crippen LogP contribution in [0.25, 0.3) is 0 Å². The summed E-state index contributed by atoms with van der Waals surface area (Å²) < 4.78 is 32.9. The van der Waals surface area contributed by atoms with Gasteiger partial charge in [-0.15, -0.1) is 0 Å². The van der Waals surface area contributed by atoms with Gasteiger partial charge in [0.2, 0.25) is 0 Å². The van der Waals surface area contributed by atoms with Gasteiger partial charge >= 0.3 is 0 Å². The van der Waals surface area contributed by atoms with Crippen LogP contribution in [0.2, 0.25) is 0 Å². The van der Waals surface area contributed by atoms with Crippen molar-refractivity contribution >= 4 is 21.6 Å². The summed E-state index contributed by atoms with van der Waals surface area (Å²) in [6.45, 7) is 2.00. The Morgan fingerprint density at radius 3 is 2.30 bits per heavy atom. The van der Waals surface area contributed by atoms with Crippen LogP contribution in [0.1, 0.15) is 35.3 Å². The highest BCUT2D eigenvalue weighted by atomic mass is 32.2. The van der Waals surface area contributed by atoms with Crippen molar-refractivity contribution in [2.75, 3.05) is 11.8 Å². The summed E-state index contributed by atoms with van der Waals surface area (Å²) >= 11 is 0. The number of amides is 1. The first-order valence-corrected chi connectivity index (χ1v) is 11.0. The monoisotopic (exact) mass is 424 g/mol. The number of nitrogens with one attached hydrogen (secondary N) is 2. The van der Waals surface area contributed by atoms with Crippen LogP contribution >= 0.6 is 0 Å². The van der Waals surface area contributed by atoms with Crippen molar-refractivity contribution in [1.29, 1.82) is 0 Å². The Bertz CT molecular complexity index is 1100. The molecule has 0 heterocycles. The van der Waals surface area contributed by atoms with Gasteiger partial charge in [0.1, 0.15) is 5.75 Å². The lowest BCUT2D eigenvalue weighted by Gasteiger charge is -2.18. The predicted molar refractivity (Wildman–Crippen MR) is 117 cm³/mol. The van der Waals surface area contributed by atoms with Crippen molar-refractivity contribution in [2.24, 2.45) is 0 Å². The molecule has 3 rings (SSSR count). The lowest BCUT2D eigenvalue weighted by atomic mass is 10.0. The van der Waals surface area contributed by atoms with Crippen LogP contribution in [-0.4, -0.2) is 21.4 Å². The lowest BCUT2D eigenvalue weighted by Crippen LogP contribution is -2.28. The molecule has 0 aliphatic carbocycles. The minimum atomic E-state index is -3.79. The maximum absolute atomic E-state index is 12.7. The van der Waals surface area contributed by atoms with Crippen molar-refractivity contribution in [2.45, 2.75) is 24.3 Å². The minimum absolute atomic E-state index is 0.105. The van der Waals surface area contributed by atoms with E-state index in [1.54, 1.807) is 30.3 Å². The normalized spacial score (nSPS) is 12.1. The van der Waals surface area contributed by atoms with Crippen molar-refractivity contribution in [1.82, 2.24) is 5.32 Å². The highest BCUT2D eigenvalue weighted by Gasteiger charge is 2.17. The first kappa shape index (κ1) is 21.4. The number of rotatable bonds is 8. The van der Waals surface area contributed by atoms with Gasteiger partial charge in [0, 0.05) is 11.3 Å². The maximum Gasteiger partial charge on any atom is 0.261 e. The smallest absolute Gasteiger partial charge is 0.261 e. The Morgan fingerprint density at radius 2 is 1.67 bits per heavy atom. The highest BCUT2D eigenvalue weighted by Crippen LogP contribution is 2.21. The summed E-state index contributed by atoms with van der Waals surface area (Å²) in [7, 11) is -2.28. The van der Waals surface area contributed by atoms with Gasteiger partial charge in [-0.1, -0.05) is 43.3 Å². The number of benzene rings is 3. The van der Waals surface area contributed by atoms with E-state index in [1.807, 2.05) is 37.3 Å². The van der Waals surface area contributed by atoms with Crippen LogP contribution in [0.15, 0.2) is 83.8 Å². The fourth-order valence-corrected chi connectivity index (χ4v) is 4.09. The molecule has 0 aliphatic heterocycles. The zero-order valence-electron chi connectivity index (χ0n) is 16.8. The summed E-state index contributed by atoms with van der Waals surface area (Å²) in [5.41, 5.74) is 1.70. The topological polar surface area (TPSA) is 84.5 Å². The third-order valence-corrected chi connectivity index (χ3v) is 6.06. The van der Waals surface area contributed by atoms with Gasteiger partial charge < -0.3 is 10.1 Å². The SMILES string of the molecule is CCC(NC(=O)c1cccc(NS(=O)(=O)c2ccc(OC)cc2)c1)c1ccccc1. The van der Waals surface area contributed by atoms with Crippen molar-refractivity contribution in [3.63, 3.8) is 0 Å². The van der Waals surface area contributed by atoms with Gasteiger partial charge in [-0.2, -0.15) is 0 Å². The molecular formula is C23H24N2O4S. The molecule has 0 saturated carbocycles. The fraction of sp³-hybridized carbons (Fsp3) is 0.174. The number of carbonyl (C=O) groups is 1. The number of carbonyl (C=O) groups excluding carboxylic acids is 1. The molecule has 0 spiro atoms. The Labute approximate surface area is 177 Å². The van der Waals surface area contributed by atoms with Crippen LogP contribution in [0.4, 0.5) is 5.69 Å². The molecule has 0 aromatic heterocycles. The first-order chi connectivity index (χ1) is 14.4. The molecule has 1 amide bonds. The number of sulfonamides is 1. The molecule has 30 heavy (non-hydrogen) atoms. The second-order valence-electron chi connectivity index (χ2n) is 6.71. The zero-order chi connectivity index (χ0) is 21.6. The van der Waals surface area contributed by atoms with Crippen molar-refractivity contribution in [3.8, 4) is 5.75 Å². The lowest BCUT2D eigenvalue weighted by molar-refractivity contribution is 0.0935. The van der Waals surface area contributed by atoms with Gasteiger partial charge in [0.25, 0.3) is 15.9 Å². The molecule has 0 fully saturated rings. The Morgan fingerprint density at radius 1 is 0.967 bits per heavy atom. The van der Waals surface area contributed by atoms with E-state index in [4.69, 9.17) is 4.74 Å². The van der Waals surface area contributed by atoms with E-state index >= 15 is 0 Å². The number of methoxy groups -OCH3 is 1. The zero-order valence-corrected chi connectivity index (χ0v) is 17.6. The minimum Gasteiger partial charge on any atom is -0.497 e. The van der Waals surface area contributed by atoms with Gasteiger partial charge in [0.15, 0.2) is 0 Å². The van der Waals surface area contributed by atoms with Crippen molar-refractivity contribution < 1.29 is 17.9 Å². The molecular weight excluding hydrogens is 400 g/mol. The first-order valence-electron chi connectivity index (χ1n) is 9.55. The van der Waals surface area contributed by atoms with E-state index in [0.717, 1.165) is 12.0 Å². The molecule has 156 valence electrons. The average Bonchev–Trinajstić information content (AvgIpc) is 2.77. The maximum atomic E-state index is 12.7. The van der Waals surface area contributed by atoms with E-state index in [9.17, 15) is 13.2 Å². The van der Waals surface area contributed by atoms with E-state index in [-0.39, 0.29) is 16.8 Å². The van der Waals surface area contributed by atoms with Gasteiger partial charge in [-0.05, 0) is 54.4 Å². The van der Waals surface area contributed by atoms with E-state index in [0.29, 0.717) is 17.0 Å². The molecule has 0 radical (unpaired) electrons. The molecule has 2 N–H and O–H groups in total. The summed E-state index contributed by atoms with van der Waals surface area (Å²) in [5, 5.41) is 3.00. The molecule has 0 aliphatic rings. The molecule has 7 heteroatoms. The molecule has 3 aromatic rings. The summed E-state index contributed by atoms with van der Waals surface area (Å²) in [6, 6.07) is 22.1. The second-order valence-corrected chi connectivity index (χ2v) is 8.39. The Balaban J connectivity index is 1.75. The summed E-state index contributed by atoms with van der Waals surface area (Å²) in [5.74, 6) is 0.299. The summed E-state index contributed by atoms with van der Waals surface area (Å²) in [6.07, 6.45) is 0.736. The van der Waals surface area contributed by atoms with E-state index in [1.165, 1.54) is 25.3 Å². The van der Waals surface area contributed by atoms with Crippen LogP contribution in [0, 0.1) is 0 Å². The van der Waals surface area contributed by atoms with Gasteiger partial charge in [-0.25, -0.2) is 8.42 Å². The molecule has 0 bridgehead atoms. The van der Waals surface area contributed by atoms with Crippen LogP contribution in [0.5, 0.6) is 5.75 Å². The Hall–Kier alpha value is -3.32. The molecule has 0 saturated heterocycles. The predicted octanol–water partition coefficient (Wildman–Crippen LogP) is 4.38. The molecule has 1 unspecified atom stereocenters. The molecule has 3 aromatic carbocycles. The third-order valence-electron chi connectivity index (χ3n) is 4.66.